The summed E-state index contributed by atoms with van der Waals surface area (Å²) in [5.74, 6) is 1.97. The van der Waals surface area contributed by atoms with Crippen LogP contribution in [0.4, 0.5) is 5.82 Å². The standard InChI is InChI=1S/C14H22N4S/c1-17(10-11-4-2-3-5-11)13-12(6-7-15)18-8-9-19-14(18)16-13/h8-9,11H,2-7,10,15H2,1H3. The summed E-state index contributed by atoms with van der Waals surface area (Å²) in [4.78, 5) is 8.20. The van der Waals surface area contributed by atoms with E-state index in [0.717, 1.165) is 29.7 Å². The van der Waals surface area contributed by atoms with Crippen LogP contribution < -0.4 is 10.6 Å². The van der Waals surface area contributed by atoms with Gasteiger partial charge in [0.05, 0.1) is 5.69 Å². The normalized spacial score (nSPS) is 16.5. The Morgan fingerprint density at radius 1 is 1.47 bits per heavy atom. The minimum Gasteiger partial charge on any atom is -0.358 e. The summed E-state index contributed by atoms with van der Waals surface area (Å²) in [6.45, 7) is 1.80. The van der Waals surface area contributed by atoms with Crippen molar-refractivity contribution in [3.05, 3.63) is 17.3 Å². The van der Waals surface area contributed by atoms with E-state index in [-0.39, 0.29) is 0 Å². The van der Waals surface area contributed by atoms with Crippen LogP contribution >= 0.6 is 11.3 Å². The van der Waals surface area contributed by atoms with E-state index in [1.54, 1.807) is 11.3 Å². The number of aromatic nitrogens is 2. The summed E-state index contributed by atoms with van der Waals surface area (Å²) in [7, 11) is 2.17. The fourth-order valence-corrected chi connectivity index (χ4v) is 3.89. The van der Waals surface area contributed by atoms with Gasteiger partial charge in [0, 0.05) is 31.6 Å². The molecule has 2 heterocycles. The van der Waals surface area contributed by atoms with Crippen molar-refractivity contribution in [2.75, 3.05) is 25.0 Å². The lowest BCUT2D eigenvalue weighted by Crippen LogP contribution is -2.25. The Morgan fingerprint density at radius 2 is 2.26 bits per heavy atom. The third-order valence-electron chi connectivity index (χ3n) is 4.09. The molecular weight excluding hydrogens is 256 g/mol. The first-order valence-electron chi connectivity index (χ1n) is 7.15. The van der Waals surface area contributed by atoms with Gasteiger partial charge in [-0.1, -0.05) is 12.8 Å². The molecule has 3 rings (SSSR count). The molecule has 0 spiro atoms. The van der Waals surface area contributed by atoms with Crippen LogP contribution in [0, 0.1) is 5.92 Å². The summed E-state index contributed by atoms with van der Waals surface area (Å²) in [5.41, 5.74) is 7.02. The highest BCUT2D eigenvalue weighted by molar-refractivity contribution is 7.15. The second-order valence-corrected chi connectivity index (χ2v) is 6.38. The largest absolute Gasteiger partial charge is 0.358 e. The molecule has 0 saturated heterocycles. The van der Waals surface area contributed by atoms with Crippen molar-refractivity contribution in [2.45, 2.75) is 32.1 Å². The van der Waals surface area contributed by atoms with Crippen LogP contribution in [0.1, 0.15) is 31.4 Å². The Kier molecular flexibility index (Phi) is 3.75. The first-order valence-corrected chi connectivity index (χ1v) is 8.03. The third kappa shape index (κ3) is 2.49. The average Bonchev–Trinajstić information content (AvgIpc) is 3.07. The topological polar surface area (TPSA) is 46.6 Å². The first kappa shape index (κ1) is 12.9. The van der Waals surface area contributed by atoms with Gasteiger partial charge < -0.3 is 10.6 Å². The molecule has 2 aromatic rings. The zero-order valence-corrected chi connectivity index (χ0v) is 12.3. The van der Waals surface area contributed by atoms with Crippen LogP contribution in [0.25, 0.3) is 4.96 Å². The molecule has 0 atom stereocenters. The minimum absolute atomic E-state index is 0.675. The molecular formula is C14H22N4S. The number of nitrogens with two attached hydrogens (primary N) is 1. The van der Waals surface area contributed by atoms with Crippen LogP contribution in [0.15, 0.2) is 11.6 Å². The van der Waals surface area contributed by atoms with E-state index in [1.807, 2.05) is 0 Å². The molecule has 0 bridgehead atoms. The van der Waals surface area contributed by atoms with E-state index in [2.05, 4.69) is 27.9 Å². The van der Waals surface area contributed by atoms with E-state index < -0.39 is 0 Å². The molecule has 1 saturated carbocycles. The van der Waals surface area contributed by atoms with Gasteiger partial charge in [0.1, 0.15) is 0 Å². The van der Waals surface area contributed by atoms with Crippen molar-refractivity contribution >= 4 is 22.1 Å². The van der Waals surface area contributed by atoms with Gasteiger partial charge in [-0.2, -0.15) is 0 Å². The average molecular weight is 278 g/mol. The van der Waals surface area contributed by atoms with Crippen LogP contribution in [0.2, 0.25) is 0 Å². The minimum atomic E-state index is 0.675. The molecule has 1 aliphatic carbocycles. The summed E-state index contributed by atoms with van der Waals surface area (Å²) >= 11 is 1.69. The first-order chi connectivity index (χ1) is 9.29. The van der Waals surface area contributed by atoms with E-state index in [4.69, 9.17) is 10.7 Å². The molecule has 0 radical (unpaired) electrons. The number of anilines is 1. The predicted octanol–water partition coefficient (Wildman–Crippen LogP) is 2.52. The molecule has 0 aliphatic heterocycles. The van der Waals surface area contributed by atoms with E-state index in [1.165, 1.54) is 31.4 Å². The van der Waals surface area contributed by atoms with E-state index in [9.17, 15) is 0 Å². The molecule has 2 N–H and O–H groups in total. The monoisotopic (exact) mass is 278 g/mol. The number of nitrogens with zero attached hydrogens (tertiary/aromatic N) is 3. The molecule has 4 nitrogen and oxygen atoms in total. The maximum Gasteiger partial charge on any atom is 0.195 e. The lowest BCUT2D eigenvalue weighted by atomic mass is 10.1. The Labute approximate surface area is 118 Å². The molecule has 104 valence electrons. The van der Waals surface area contributed by atoms with Crippen LogP contribution in [-0.2, 0) is 6.42 Å². The number of fused-ring (bicyclic) bond motifs is 1. The van der Waals surface area contributed by atoms with Crippen molar-refractivity contribution < 1.29 is 0 Å². The summed E-state index contributed by atoms with van der Waals surface area (Å²) in [6.07, 6.45) is 8.53. The third-order valence-corrected chi connectivity index (χ3v) is 4.85. The highest BCUT2D eigenvalue weighted by atomic mass is 32.1. The fraction of sp³-hybridized carbons (Fsp3) is 0.643. The molecule has 2 aromatic heterocycles. The summed E-state index contributed by atoms with van der Waals surface area (Å²) < 4.78 is 2.19. The molecule has 0 aromatic carbocycles. The van der Waals surface area contributed by atoms with Crippen molar-refractivity contribution in [1.82, 2.24) is 9.38 Å². The Bertz CT molecular complexity index is 539. The summed E-state index contributed by atoms with van der Waals surface area (Å²) in [6, 6.07) is 0. The van der Waals surface area contributed by atoms with Gasteiger partial charge in [-0.05, 0) is 25.3 Å². The number of imidazole rings is 1. The molecule has 0 unspecified atom stereocenters. The molecule has 0 amide bonds. The van der Waals surface area contributed by atoms with Gasteiger partial charge in [-0.25, -0.2) is 4.98 Å². The fourth-order valence-electron chi connectivity index (χ4n) is 3.16. The maximum atomic E-state index is 5.76. The quantitative estimate of drug-likeness (QED) is 0.914. The van der Waals surface area contributed by atoms with Gasteiger partial charge >= 0.3 is 0 Å². The van der Waals surface area contributed by atoms with Crippen LogP contribution in [-0.4, -0.2) is 29.5 Å². The van der Waals surface area contributed by atoms with Gasteiger partial charge in [0.25, 0.3) is 0 Å². The number of hydrogen-bond donors (Lipinski definition) is 1. The molecule has 1 fully saturated rings. The number of thiazole rings is 1. The number of rotatable bonds is 5. The smallest absolute Gasteiger partial charge is 0.195 e. The lowest BCUT2D eigenvalue weighted by Gasteiger charge is -2.22. The van der Waals surface area contributed by atoms with Gasteiger partial charge in [-0.15, -0.1) is 11.3 Å². The molecule has 5 heteroatoms. The zero-order valence-electron chi connectivity index (χ0n) is 11.5. The number of hydrogen-bond acceptors (Lipinski definition) is 4. The van der Waals surface area contributed by atoms with Crippen molar-refractivity contribution in [3.63, 3.8) is 0 Å². The van der Waals surface area contributed by atoms with Gasteiger partial charge in [0.15, 0.2) is 10.8 Å². The van der Waals surface area contributed by atoms with Gasteiger partial charge in [0.2, 0.25) is 0 Å². The lowest BCUT2D eigenvalue weighted by molar-refractivity contribution is 0.544. The van der Waals surface area contributed by atoms with E-state index >= 15 is 0 Å². The van der Waals surface area contributed by atoms with Crippen LogP contribution in [0.3, 0.4) is 0 Å². The second kappa shape index (κ2) is 5.51. The SMILES string of the molecule is CN(CC1CCCC1)c1nc2sccn2c1CCN. The van der Waals surface area contributed by atoms with Crippen molar-refractivity contribution in [1.29, 1.82) is 0 Å². The molecule has 19 heavy (non-hydrogen) atoms. The van der Waals surface area contributed by atoms with Crippen molar-refractivity contribution in [2.24, 2.45) is 11.7 Å². The van der Waals surface area contributed by atoms with E-state index in [0.29, 0.717) is 6.54 Å². The van der Waals surface area contributed by atoms with Crippen molar-refractivity contribution in [3.8, 4) is 0 Å². The summed E-state index contributed by atoms with van der Waals surface area (Å²) in [5, 5.41) is 2.09. The van der Waals surface area contributed by atoms with Gasteiger partial charge in [-0.3, -0.25) is 4.40 Å². The predicted molar refractivity (Wildman–Crippen MR) is 81.1 cm³/mol. The highest BCUT2D eigenvalue weighted by Crippen LogP contribution is 2.29. The molecule has 1 aliphatic rings. The Morgan fingerprint density at radius 3 is 3.00 bits per heavy atom. The maximum absolute atomic E-state index is 5.76. The second-order valence-electron chi connectivity index (χ2n) is 5.51. The zero-order chi connectivity index (χ0) is 13.2. The Hall–Kier alpha value is -1.07. The van der Waals surface area contributed by atoms with Crippen LogP contribution in [0.5, 0.6) is 0 Å². The highest BCUT2D eigenvalue weighted by Gasteiger charge is 2.21. The Balaban J connectivity index is 1.85.